The van der Waals surface area contributed by atoms with Crippen molar-refractivity contribution in [1.29, 1.82) is 0 Å². The lowest BCUT2D eigenvalue weighted by atomic mass is 9.61. The number of aryl methyl sites for hydroxylation is 2. The molecule has 0 N–H and O–H groups in total. The summed E-state index contributed by atoms with van der Waals surface area (Å²) in [5.41, 5.74) is 16.6. The van der Waals surface area contributed by atoms with Crippen LogP contribution < -0.4 is 30.0 Å². The predicted molar refractivity (Wildman–Crippen MR) is 270 cm³/mol. The summed E-state index contributed by atoms with van der Waals surface area (Å²) in [4.78, 5) is 10.3. The second kappa shape index (κ2) is 13.9. The van der Waals surface area contributed by atoms with E-state index in [0.29, 0.717) is 0 Å². The Hall–Kier alpha value is -7.16. The van der Waals surface area contributed by atoms with E-state index in [1.165, 1.54) is 65.7 Å². The summed E-state index contributed by atoms with van der Waals surface area (Å²) in [6.45, 7) is 16.2. The van der Waals surface area contributed by atoms with Crippen molar-refractivity contribution < 1.29 is 4.57 Å². The average molecular weight is 845 g/mol. The van der Waals surface area contributed by atoms with E-state index < -0.39 is 8.07 Å². The third-order valence-electron chi connectivity index (χ3n) is 14.0. The first kappa shape index (κ1) is 38.5. The zero-order valence-electron chi connectivity index (χ0n) is 37.4. The van der Waals surface area contributed by atoms with Gasteiger partial charge in [-0.3, -0.25) is 13.7 Å². The molecule has 0 aliphatic carbocycles. The molecule has 2 aliphatic heterocycles. The van der Waals surface area contributed by atoms with Crippen molar-refractivity contribution in [2.24, 2.45) is 0 Å². The van der Waals surface area contributed by atoms with Crippen LogP contribution in [0.5, 0.6) is 0 Å². The predicted octanol–water partition coefficient (Wildman–Crippen LogP) is 10.9. The van der Waals surface area contributed by atoms with Crippen LogP contribution in [-0.4, -0.2) is 29.2 Å². The third kappa shape index (κ3) is 5.58. The minimum atomic E-state index is -2.16. The van der Waals surface area contributed by atoms with E-state index in [0.717, 1.165) is 39.6 Å². The number of nitrogens with zero attached hydrogens (tertiary/aromatic N) is 6. The van der Waals surface area contributed by atoms with Gasteiger partial charge in [0.15, 0.2) is 0 Å². The van der Waals surface area contributed by atoms with E-state index in [-0.39, 0.29) is 12.4 Å². The van der Waals surface area contributed by atoms with Crippen LogP contribution in [0.25, 0.3) is 50.0 Å². The molecule has 0 saturated heterocycles. The first-order valence-corrected chi connectivity index (χ1v) is 25.4. The number of imidazole rings is 1. The molecule has 2 aliphatic rings. The zero-order chi connectivity index (χ0) is 43.6. The third-order valence-corrected chi connectivity index (χ3v) is 17.5. The standard InChI is InChI=1S/C56H49BN6Si/c1-37-18-16-19-38(2)54(37)57-62(41-22-12-9-13-23-41)48-34-44-43-24-14-15-25-45(43)61(53-32-39(30-31-58-53)56(3,4)5)47(44)35-49(48)63(57)42-28-29-51-50(33-42)60-36-59(40-20-10-8-11-21-40)46-26-17-27-52(55(46)60)64(51,6)7/h8-35H,1-7H3. The first-order chi connectivity index (χ1) is 31.0. The van der Waals surface area contributed by atoms with E-state index in [1.54, 1.807) is 0 Å². The number of anilines is 4. The Morgan fingerprint density at radius 3 is 2.05 bits per heavy atom. The normalized spacial score (nSPS) is 14.2. The van der Waals surface area contributed by atoms with Crippen molar-refractivity contribution in [1.82, 2.24) is 14.1 Å². The monoisotopic (exact) mass is 844 g/mol. The highest BCUT2D eigenvalue weighted by molar-refractivity contribution is 7.02. The molecule has 0 fully saturated rings. The van der Waals surface area contributed by atoms with E-state index in [1.807, 2.05) is 6.20 Å². The summed E-state index contributed by atoms with van der Waals surface area (Å²) in [7, 11) is -2.16. The van der Waals surface area contributed by atoms with E-state index in [9.17, 15) is 0 Å². The zero-order valence-corrected chi connectivity index (χ0v) is 38.4. The fraction of sp³-hybridized carbons (Fsp3) is 0.143. The molecule has 12 rings (SSSR count). The molecule has 7 aromatic carbocycles. The maximum atomic E-state index is 5.07. The number of aromatic nitrogens is 4. The second-order valence-electron chi connectivity index (χ2n) is 19.2. The van der Waals surface area contributed by atoms with Gasteiger partial charge in [0.05, 0.1) is 44.8 Å². The van der Waals surface area contributed by atoms with Crippen LogP contribution in [0.2, 0.25) is 13.1 Å². The highest BCUT2D eigenvalue weighted by Crippen LogP contribution is 2.50. The molecule has 0 radical (unpaired) electrons. The number of benzene rings is 7. The molecular formula is C56H49BN6Si. The summed E-state index contributed by atoms with van der Waals surface area (Å²) in [6, 6.07) is 60.6. The molecule has 0 saturated carbocycles. The van der Waals surface area contributed by atoms with Crippen molar-refractivity contribution in [3.8, 4) is 17.2 Å². The molecule has 10 aromatic rings. The van der Waals surface area contributed by atoms with Crippen LogP contribution in [0.3, 0.4) is 0 Å². The number of rotatable bonds is 5. The fourth-order valence-corrected chi connectivity index (χ4v) is 13.7. The maximum Gasteiger partial charge on any atom is 0.421 e. The Labute approximate surface area is 376 Å². The summed E-state index contributed by atoms with van der Waals surface area (Å²) < 4.78 is 6.97. The Morgan fingerprint density at radius 1 is 0.594 bits per heavy atom. The first-order valence-electron chi connectivity index (χ1n) is 22.4. The topological polar surface area (TPSA) is 33.1 Å². The molecule has 0 amide bonds. The van der Waals surface area contributed by atoms with Crippen LogP contribution in [-0.2, 0) is 5.41 Å². The van der Waals surface area contributed by atoms with Crippen molar-refractivity contribution in [2.45, 2.75) is 53.1 Å². The Balaban J connectivity index is 1.17. The van der Waals surface area contributed by atoms with Crippen LogP contribution in [0.4, 0.5) is 22.7 Å². The molecular weight excluding hydrogens is 796 g/mol. The molecule has 64 heavy (non-hydrogen) atoms. The van der Waals surface area contributed by atoms with Gasteiger partial charge in [0, 0.05) is 28.3 Å². The largest absolute Gasteiger partial charge is 0.421 e. The van der Waals surface area contributed by atoms with Gasteiger partial charge in [0.25, 0.3) is 6.33 Å². The molecule has 6 nitrogen and oxygen atoms in total. The molecule has 3 aromatic heterocycles. The number of hydrogen-bond donors (Lipinski definition) is 0. The van der Waals surface area contributed by atoms with Crippen molar-refractivity contribution in [2.75, 3.05) is 9.62 Å². The fourth-order valence-electron chi connectivity index (χ4n) is 10.8. The van der Waals surface area contributed by atoms with Gasteiger partial charge in [0.1, 0.15) is 13.9 Å². The van der Waals surface area contributed by atoms with E-state index in [4.69, 9.17) is 4.98 Å². The highest BCUT2D eigenvalue weighted by Gasteiger charge is 2.46. The molecule has 0 atom stereocenters. The SMILES string of the molecule is Cc1cccc(C)c1B1N(c2ccccc2)c2cc3c4ccccc4n(-c4cc(C(C)(C)C)ccn4)c3cc2N1c1ccc2c(c1)-n1[c-][n+](-c3ccccc3)c3cccc(c31)[Si]2(C)C. The number of hydrogen-bond acceptors (Lipinski definition) is 3. The van der Waals surface area contributed by atoms with Crippen LogP contribution in [0.15, 0.2) is 170 Å². The van der Waals surface area contributed by atoms with E-state index >= 15 is 0 Å². The van der Waals surface area contributed by atoms with Crippen LogP contribution in [0.1, 0.15) is 37.5 Å². The highest BCUT2D eigenvalue weighted by atomic mass is 28.3. The minimum Gasteiger partial charge on any atom is -0.360 e. The van der Waals surface area contributed by atoms with Crippen LogP contribution in [0, 0.1) is 20.2 Å². The average Bonchev–Trinajstić information content (AvgIpc) is 3.96. The molecule has 8 heteroatoms. The molecule has 0 unspecified atom stereocenters. The number of fused-ring (bicyclic) bond motifs is 6. The van der Waals surface area contributed by atoms with Gasteiger partial charge in [-0.1, -0.05) is 142 Å². The van der Waals surface area contributed by atoms with Gasteiger partial charge in [-0.05, 0) is 107 Å². The van der Waals surface area contributed by atoms with Gasteiger partial charge in [-0.25, -0.2) is 4.98 Å². The summed E-state index contributed by atoms with van der Waals surface area (Å²) in [6.07, 6.45) is 5.84. The molecule has 0 spiro atoms. The quantitative estimate of drug-likeness (QED) is 0.0983. The Bertz CT molecular complexity index is 3490. The summed E-state index contributed by atoms with van der Waals surface area (Å²) in [5, 5.41) is 5.25. The lowest BCUT2D eigenvalue weighted by Crippen LogP contribution is -2.57. The van der Waals surface area contributed by atoms with Crippen molar-refractivity contribution in [3.63, 3.8) is 0 Å². The lowest BCUT2D eigenvalue weighted by Gasteiger charge is -2.35. The van der Waals surface area contributed by atoms with Gasteiger partial charge in [-0.2, -0.15) is 0 Å². The summed E-state index contributed by atoms with van der Waals surface area (Å²) >= 11 is 0. The van der Waals surface area contributed by atoms with Gasteiger partial charge < -0.3 is 9.62 Å². The van der Waals surface area contributed by atoms with Crippen molar-refractivity contribution >= 4 is 86.5 Å². The Kier molecular flexibility index (Phi) is 8.38. The van der Waals surface area contributed by atoms with Gasteiger partial charge >= 0.3 is 6.98 Å². The maximum absolute atomic E-state index is 5.07. The molecule has 5 heterocycles. The molecule has 0 bridgehead atoms. The second-order valence-corrected chi connectivity index (χ2v) is 23.6. The lowest BCUT2D eigenvalue weighted by molar-refractivity contribution is -0.572. The van der Waals surface area contributed by atoms with Gasteiger partial charge in [-0.15, -0.1) is 0 Å². The summed E-state index contributed by atoms with van der Waals surface area (Å²) in [5.74, 6) is 0.924. The smallest absolute Gasteiger partial charge is 0.360 e. The number of para-hydroxylation sites is 4. The van der Waals surface area contributed by atoms with E-state index in [2.05, 4.69) is 241 Å². The van der Waals surface area contributed by atoms with Crippen LogP contribution >= 0.6 is 0 Å². The number of pyridine rings is 1. The Morgan fingerprint density at radius 2 is 1.28 bits per heavy atom. The molecule has 310 valence electrons. The van der Waals surface area contributed by atoms with Gasteiger partial charge in [0.2, 0.25) is 0 Å². The van der Waals surface area contributed by atoms with Crippen molar-refractivity contribution in [3.05, 3.63) is 193 Å². The minimum absolute atomic E-state index is 0.0310.